The second kappa shape index (κ2) is 5.98. The van der Waals surface area contributed by atoms with Crippen LogP contribution in [-0.4, -0.2) is 5.91 Å². The van der Waals surface area contributed by atoms with Gasteiger partial charge in [0.15, 0.2) is 0 Å². The van der Waals surface area contributed by atoms with E-state index in [-0.39, 0.29) is 16.3 Å². The van der Waals surface area contributed by atoms with Gasteiger partial charge >= 0.3 is 0 Å². The van der Waals surface area contributed by atoms with Crippen molar-refractivity contribution in [2.24, 2.45) is 0 Å². The Morgan fingerprint density at radius 2 is 1.85 bits per heavy atom. The van der Waals surface area contributed by atoms with Crippen LogP contribution >= 0.6 is 23.2 Å². The van der Waals surface area contributed by atoms with Crippen LogP contribution in [0, 0.1) is 5.82 Å². The predicted octanol–water partition coefficient (Wildman–Crippen LogP) is 3.47. The summed E-state index contributed by atoms with van der Waals surface area (Å²) in [6.07, 6.45) is 0. The first-order valence-electron chi connectivity index (χ1n) is 5.55. The van der Waals surface area contributed by atoms with Gasteiger partial charge in [-0.05, 0) is 24.3 Å². The molecule has 4 N–H and O–H groups in total. The van der Waals surface area contributed by atoms with Crippen molar-refractivity contribution in [3.8, 4) is 0 Å². The third-order valence-electron chi connectivity index (χ3n) is 2.54. The summed E-state index contributed by atoms with van der Waals surface area (Å²) < 4.78 is 13.6. The SMILES string of the molecule is Nc1cccc(F)c1C(=O)NNc1cccc(Cl)c1Cl. The van der Waals surface area contributed by atoms with Crippen molar-refractivity contribution in [3.63, 3.8) is 0 Å². The van der Waals surface area contributed by atoms with E-state index in [1.54, 1.807) is 18.2 Å². The van der Waals surface area contributed by atoms with Crippen molar-refractivity contribution in [1.82, 2.24) is 5.43 Å². The maximum absolute atomic E-state index is 13.6. The van der Waals surface area contributed by atoms with E-state index in [9.17, 15) is 9.18 Å². The number of carbonyl (C=O) groups excluding carboxylic acids is 1. The van der Waals surface area contributed by atoms with Crippen LogP contribution in [0.4, 0.5) is 15.8 Å². The number of nitrogens with one attached hydrogen (secondary N) is 2. The van der Waals surface area contributed by atoms with E-state index in [2.05, 4.69) is 10.9 Å². The molecule has 0 saturated carbocycles. The van der Waals surface area contributed by atoms with Crippen LogP contribution in [0.5, 0.6) is 0 Å². The number of anilines is 2. The second-order valence-electron chi connectivity index (χ2n) is 3.88. The molecule has 7 heteroatoms. The van der Waals surface area contributed by atoms with Crippen LogP contribution in [0.2, 0.25) is 10.0 Å². The highest BCUT2D eigenvalue weighted by Gasteiger charge is 2.15. The smallest absolute Gasteiger partial charge is 0.274 e. The Balaban J connectivity index is 2.15. The molecule has 0 unspecified atom stereocenters. The molecular formula is C13H10Cl2FN3O. The van der Waals surface area contributed by atoms with Crippen molar-refractivity contribution in [2.75, 3.05) is 11.2 Å². The highest BCUT2D eigenvalue weighted by Crippen LogP contribution is 2.29. The molecule has 0 atom stereocenters. The number of nitrogen functional groups attached to an aromatic ring is 1. The average Bonchev–Trinajstić information content (AvgIpc) is 2.40. The van der Waals surface area contributed by atoms with Crippen LogP contribution in [0.25, 0.3) is 0 Å². The summed E-state index contributed by atoms with van der Waals surface area (Å²) in [4.78, 5) is 11.9. The molecule has 0 aliphatic heterocycles. The molecule has 2 aromatic rings. The topological polar surface area (TPSA) is 67.2 Å². The zero-order valence-corrected chi connectivity index (χ0v) is 11.6. The third kappa shape index (κ3) is 2.95. The first kappa shape index (κ1) is 14.4. The molecule has 20 heavy (non-hydrogen) atoms. The molecule has 0 heterocycles. The Morgan fingerprint density at radius 1 is 1.15 bits per heavy atom. The van der Waals surface area contributed by atoms with Gasteiger partial charge in [0, 0.05) is 5.69 Å². The monoisotopic (exact) mass is 313 g/mol. The molecule has 0 aliphatic rings. The zero-order valence-electron chi connectivity index (χ0n) is 10.1. The maximum atomic E-state index is 13.6. The van der Waals surface area contributed by atoms with Crippen molar-refractivity contribution in [1.29, 1.82) is 0 Å². The Labute approximate surface area is 124 Å². The third-order valence-corrected chi connectivity index (χ3v) is 3.35. The fourth-order valence-electron chi connectivity index (χ4n) is 1.57. The van der Waals surface area contributed by atoms with Gasteiger partial charge in [-0.3, -0.25) is 15.6 Å². The van der Waals surface area contributed by atoms with Gasteiger partial charge in [-0.15, -0.1) is 0 Å². The average molecular weight is 314 g/mol. The molecule has 0 bridgehead atoms. The van der Waals surface area contributed by atoms with Crippen LogP contribution in [0.15, 0.2) is 36.4 Å². The molecule has 0 saturated heterocycles. The van der Waals surface area contributed by atoms with Crippen LogP contribution in [-0.2, 0) is 0 Å². The van der Waals surface area contributed by atoms with E-state index >= 15 is 0 Å². The standard InChI is InChI=1S/C13H10Cl2FN3O/c14-7-3-1-6-10(12(7)15)18-19-13(20)11-8(16)4-2-5-9(11)17/h1-6,18H,17H2,(H,19,20). The summed E-state index contributed by atoms with van der Waals surface area (Å²) in [5.41, 5.74) is 10.6. The van der Waals surface area contributed by atoms with Gasteiger partial charge in [-0.2, -0.15) is 0 Å². The van der Waals surface area contributed by atoms with Gasteiger partial charge in [0.25, 0.3) is 5.91 Å². The lowest BCUT2D eigenvalue weighted by Crippen LogP contribution is -2.30. The predicted molar refractivity (Wildman–Crippen MR) is 78.4 cm³/mol. The fourth-order valence-corrected chi connectivity index (χ4v) is 1.92. The number of hydrogen-bond acceptors (Lipinski definition) is 3. The maximum Gasteiger partial charge on any atom is 0.274 e. The summed E-state index contributed by atoms with van der Waals surface area (Å²) in [7, 11) is 0. The number of carbonyl (C=O) groups is 1. The van der Waals surface area contributed by atoms with Crippen LogP contribution in [0.1, 0.15) is 10.4 Å². The minimum absolute atomic E-state index is 0.0430. The van der Waals surface area contributed by atoms with Crippen molar-refractivity contribution >= 4 is 40.5 Å². The number of benzene rings is 2. The number of hydrazine groups is 1. The lowest BCUT2D eigenvalue weighted by molar-refractivity contribution is 0.0959. The van der Waals surface area contributed by atoms with Crippen molar-refractivity contribution in [2.45, 2.75) is 0 Å². The van der Waals surface area contributed by atoms with Gasteiger partial charge in [-0.25, -0.2) is 4.39 Å². The molecular weight excluding hydrogens is 304 g/mol. The van der Waals surface area contributed by atoms with Gasteiger partial charge in [0.1, 0.15) is 5.82 Å². The molecule has 0 aliphatic carbocycles. The summed E-state index contributed by atoms with van der Waals surface area (Å²) in [6.45, 7) is 0. The molecule has 2 rings (SSSR count). The Bertz CT molecular complexity index is 644. The summed E-state index contributed by atoms with van der Waals surface area (Å²) in [5.74, 6) is -1.42. The molecule has 0 aromatic heterocycles. The summed E-state index contributed by atoms with van der Waals surface area (Å²) in [5, 5.41) is 0.576. The van der Waals surface area contributed by atoms with Gasteiger partial charge < -0.3 is 5.73 Å². The molecule has 1 amide bonds. The van der Waals surface area contributed by atoms with E-state index in [4.69, 9.17) is 28.9 Å². The normalized spacial score (nSPS) is 10.2. The number of halogens is 3. The van der Waals surface area contributed by atoms with Crippen LogP contribution < -0.4 is 16.6 Å². The van der Waals surface area contributed by atoms with E-state index in [1.807, 2.05) is 0 Å². The molecule has 4 nitrogen and oxygen atoms in total. The highest BCUT2D eigenvalue weighted by atomic mass is 35.5. The van der Waals surface area contributed by atoms with E-state index < -0.39 is 11.7 Å². The number of amides is 1. The van der Waals surface area contributed by atoms with E-state index in [0.29, 0.717) is 10.7 Å². The number of nitrogens with two attached hydrogens (primary N) is 1. The molecule has 0 spiro atoms. The number of rotatable bonds is 3. The van der Waals surface area contributed by atoms with Gasteiger partial charge in [-0.1, -0.05) is 35.3 Å². The quantitative estimate of drug-likeness (QED) is 0.600. The molecule has 2 aromatic carbocycles. The Morgan fingerprint density at radius 3 is 2.55 bits per heavy atom. The first-order valence-corrected chi connectivity index (χ1v) is 6.30. The molecule has 0 radical (unpaired) electrons. The van der Waals surface area contributed by atoms with Crippen molar-refractivity contribution < 1.29 is 9.18 Å². The van der Waals surface area contributed by atoms with Gasteiger partial charge in [0.2, 0.25) is 0 Å². The van der Waals surface area contributed by atoms with E-state index in [0.717, 1.165) is 6.07 Å². The zero-order chi connectivity index (χ0) is 14.7. The summed E-state index contributed by atoms with van der Waals surface area (Å²) >= 11 is 11.8. The molecule has 0 fully saturated rings. The van der Waals surface area contributed by atoms with Gasteiger partial charge in [0.05, 0.1) is 21.3 Å². The Kier molecular flexibility index (Phi) is 4.32. The van der Waals surface area contributed by atoms with Crippen molar-refractivity contribution in [3.05, 3.63) is 57.8 Å². The summed E-state index contributed by atoms with van der Waals surface area (Å²) in [6, 6.07) is 8.87. The molecule has 104 valence electrons. The minimum Gasteiger partial charge on any atom is -0.398 e. The first-order chi connectivity index (χ1) is 9.50. The van der Waals surface area contributed by atoms with Crippen LogP contribution in [0.3, 0.4) is 0 Å². The number of hydrogen-bond donors (Lipinski definition) is 3. The second-order valence-corrected chi connectivity index (χ2v) is 4.67. The highest BCUT2D eigenvalue weighted by molar-refractivity contribution is 6.43. The van der Waals surface area contributed by atoms with E-state index in [1.165, 1.54) is 12.1 Å². The minimum atomic E-state index is -0.711. The lowest BCUT2D eigenvalue weighted by Gasteiger charge is -2.12. The fraction of sp³-hybridized carbons (Fsp3) is 0. The lowest BCUT2D eigenvalue weighted by atomic mass is 10.1. The largest absolute Gasteiger partial charge is 0.398 e. The Hall–Kier alpha value is -1.98.